The van der Waals surface area contributed by atoms with Gasteiger partial charge in [-0.25, -0.2) is 13.8 Å². The Morgan fingerprint density at radius 3 is 2.61 bits per heavy atom. The van der Waals surface area contributed by atoms with Crippen molar-refractivity contribution < 1.29 is 23.0 Å². The Balaban J connectivity index is 1.83. The lowest BCUT2D eigenvalue weighted by molar-refractivity contribution is 0.0743. The van der Waals surface area contributed by atoms with Crippen LogP contribution in [0.4, 0.5) is 8.78 Å². The van der Waals surface area contributed by atoms with Crippen molar-refractivity contribution in [2.24, 2.45) is 0 Å². The average Bonchev–Trinajstić information content (AvgIpc) is 3.21. The van der Waals surface area contributed by atoms with E-state index in [1.54, 1.807) is 30.2 Å². The lowest BCUT2D eigenvalue weighted by Crippen LogP contribution is -2.31. The van der Waals surface area contributed by atoms with E-state index in [1.807, 2.05) is 32.0 Å². The second kappa shape index (κ2) is 10.2. The van der Waals surface area contributed by atoms with Gasteiger partial charge in [0, 0.05) is 18.7 Å². The molecule has 3 aromatic rings. The third kappa shape index (κ3) is 5.31. The Morgan fingerprint density at radius 2 is 1.94 bits per heavy atom. The van der Waals surface area contributed by atoms with Gasteiger partial charge in [0.05, 0.1) is 24.8 Å². The van der Waals surface area contributed by atoms with E-state index < -0.39 is 12.2 Å². The maximum Gasteiger partial charge on any atom is 0.295 e. The summed E-state index contributed by atoms with van der Waals surface area (Å²) in [7, 11) is 1.58. The van der Waals surface area contributed by atoms with Crippen molar-refractivity contribution in [2.75, 3.05) is 20.3 Å². The zero-order valence-electron chi connectivity index (χ0n) is 18.0. The lowest BCUT2D eigenvalue weighted by atomic mass is 10.1. The number of methoxy groups -OCH3 is 1. The van der Waals surface area contributed by atoms with E-state index in [2.05, 4.69) is 9.97 Å². The summed E-state index contributed by atoms with van der Waals surface area (Å²) in [5, 5.41) is 0. The van der Waals surface area contributed by atoms with Gasteiger partial charge in [-0.2, -0.15) is 0 Å². The van der Waals surface area contributed by atoms with Crippen LogP contribution in [0.2, 0.25) is 0 Å². The molecule has 31 heavy (non-hydrogen) atoms. The van der Waals surface area contributed by atoms with Gasteiger partial charge in [0.15, 0.2) is 17.3 Å². The van der Waals surface area contributed by atoms with E-state index in [1.165, 1.54) is 0 Å². The number of amides is 1. The predicted octanol–water partition coefficient (Wildman–Crippen LogP) is 5.35. The van der Waals surface area contributed by atoms with Crippen molar-refractivity contribution in [3.05, 3.63) is 53.3 Å². The molecule has 0 unspecified atom stereocenters. The topological polar surface area (TPSA) is 67.5 Å². The fourth-order valence-electron chi connectivity index (χ4n) is 3.33. The number of imidazole rings is 1. The van der Waals surface area contributed by atoms with E-state index in [4.69, 9.17) is 9.47 Å². The largest absolute Gasteiger partial charge is 0.493 e. The number of carbonyl (C=O) groups excluding carboxylic acids is 1. The number of alkyl halides is 2. The Labute approximate surface area is 180 Å². The highest BCUT2D eigenvalue weighted by atomic mass is 19.3. The molecule has 0 saturated heterocycles. The van der Waals surface area contributed by atoms with Gasteiger partial charge in [0.1, 0.15) is 0 Å². The van der Waals surface area contributed by atoms with Gasteiger partial charge in [-0.15, -0.1) is 0 Å². The fourth-order valence-corrected chi connectivity index (χ4v) is 3.33. The Kier molecular flexibility index (Phi) is 7.44. The summed E-state index contributed by atoms with van der Waals surface area (Å²) in [5.41, 5.74) is 2.14. The summed E-state index contributed by atoms with van der Waals surface area (Å²) < 4.78 is 36.9. The SMILES string of the molecule is CCCOc1ccc(CN(CCC)C(=O)c2ccc3nc(C(F)F)[nH]c3c2)cc1OC. The summed E-state index contributed by atoms with van der Waals surface area (Å²) in [6.07, 6.45) is -1.02. The summed E-state index contributed by atoms with van der Waals surface area (Å²) in [6, 6.07) is 10.4. The van der Waals surface area contributed by atoms with Gasteiger partial charge >= 0.3 is 0 Å². The zero-order chi connectivity index (χ0) is 22.4. The van der Waals surface area contributed by atoms with Crippen LogP contribution in [0.25, 0.3) is 11.0 Å². The van der Waals surface area contributed by atoms with Crippen LogP contribution in [0.15, 0.2) is 36.4 Å². The number of rotatable bonds is 10. The minimum absolute atomic E-state index is 0.178. The van der Waals surface area contributed by atoms with E-state index >= 15 is 0 Å². The van der Waals surface area contributed by atoms with Gasteiger partial charge in [-0.3, -0.25) is 4.79 Å². The van der Waals surface area contributed by atoms with Gasteiger partial charge in [0.25, 0.3) is 12.3 Å². The number of aromatic nitrogens is 2. The highest BCUT2D eigenvalue weighted by Crippen LogP contribution is 2.29. The first kappa shape index (κ1) is 22.5. The number of aromatic amines is 1. The molecule has 1 N–H and O–H groups in total. The minimum Gasteiger partial charge on any atom is -0.493 e. The number of hydrogen-bond acceptors (Lipinski definition) is 4. The predicted molar refractivity (Wildman–Crippen MR) is 115 cm³/mol. The van der Waals surface area contributed by atoms with Gasteiger partial charge in [-0.05, 0) is 48.7 Å². The molecule has 1 amide bonds. The van der Waals surface area contributed by atoms with E-state index in [0.29, 0.717) is 47.8 Å². The number of hydrogen-bond donors (Lipinski definition) is 1. The monoisotopic (exact) mass is 431 g/mol. The van der Waals surface area contributed by atoms with Crippen LogP contribution in [0.3, 0.4) is 0 Å². The smallest absolute Gasteiger partial charge is 0.295 e. The number of ether oxygens (including phenoxy) is 2. The Bertz CT molecular complexity index is 1040. The summed E-state index contributed by atoms with van der Waals surface area (Å²) in [5.74, 6) is 0.707. The van der Waals surface area contributed by atoms with Crippen LogP contribution in [0, 0.1) is 0 Å². The van der Waals surface area contributed by atoms with Crippen LogP contribution in [0.5, 0.6) is 11.5 Å². The van der Waals surface area contributed by atoms with Crippen LogP contribution >= 0.6 is 0 Å². The number of fused-ring (bicyclic) bond motifs is 1. The van der Waals surface area contributed by atoms with Gasteiger partial charge < -0.3 is 19.4 Å². The maximum atomic E-state index is 13.2. The highest BCUT2D eigenvalue weighted by Gasteiger charge is 2.19. The third-order valence-corrected chi connectivity index (χ3v) is 4.80. The third-order valence-electron chi connectivity index (χ3n) is 4.80. The van der Waals surface area contributed by atoms with Crippen LogP contribution < -0.4 is 9.47 Å². The fraction of sp³-hybridized carbons (Fsp3) is 0.391. The molecule has 1 aromatic heterocycles. The van der Waals surface area contributed by atoms with E-state index in [0.717, 1.165) is 18.4 Å². The minimum atomic E-state index is -2.69. The molecule has 6 nitrogen and oxygen atoms in total. The first-order chi connectivity index (χ1) is 15.0. The van der Waals surface area contributed by atoms with Crippen LogP contribution in [0.1, 0.15) is 54.9 Å². The highest BCUT2D eigenvalue weighted by molar-refractivity contribution is 5.97. The summed E-state index contributed by atoms with van der Waals surface area (Å²) in [6.45, 7) is 5.57. The molecule has 0 aliphatic carbocycles. The van der Waals surface area contributed by atoms with Crippen molar-refractivity contribution in [1.82, 2.24) is 14.9 Å². The number of nitrogens with one attached hydrogen (secondary N) is 1. The molecule has 8 heteroatoms. The molecular weight excluding hydrogens is 404 g/mol. The molecule has 166 valence electrons. The van der Waals surface area contributed by atoms with E-state index in [9.17, 15) is 13.6 Å². The molecular formula is C23H27F2N3O3. The molecule has 0 aliphatic rings. The standard InChI is InChI=1S/C23H27F2N3O3/c1-4-10-28(14-15-6-9-19(31-11-5-2)20(12-15)30-3)23(29)16-7-8-17-18(13-16)27-22(26-17)21(24)25/h6-9,12-13,21H,4-5,10-11,14H2,1-3H3,(H,26,27). The molecule has 0 aliphatic heterocycles. The molecule has 0 atom stereocenters. The Hall–Kier alpha value is -3.16. The second-order valence-corrected chi connectivity index (χ2v) is 7.22. The van der Waals surface area contributed by atoms with Gasteiger partial charge in [0.2, 0.25) is 0 Å². The number of nitrogens with zero attached hydrogens (tertiary/aromatic N) is 2. The van der Waals surface area contributed by atoms with Crippen molar-refractivity contribution in [3.8, 4) is 11.5 Å². The zero-order valence-corrected chi connectivity index (χ0v) is 18.0. The van der Waals surface area contributed by atoms with Crippen molar-refractivity contribution in [3.63, 3.8) is 0 Å². The average molecular weight is 431 g/mol. The summed E-state index contributed by atoms with van der Waals surface area (Å²) in [4.78, 5) is 21.3. The molecule has 0 radical (unpaired) electrons. The molecule has 1 heterocycles. The molecule has 0 saturated carbocycles. The normalized spacial score (nSPS) is 11.2. The molecule has 3 rings (SSSR count). The molecule has 0 spiro atoms. The summed E-state index contributed by atoms with van der Waals surface area (Å²) >= 11 is 0. The number of halogens is 2. The van der Waals surface area contributed by atoms with E-state index in [-0.39, 0.29) is 5.91 Å². The second-order valence-electron chi connectivity index (χ2n) is 7.22. The molecule has 0 bridgehead atoms. The molecule has 2 aromatic carbocycles. The number of carbonyl (C=O) groups is 1. The maximum absolute atomic E-state index is 13.2. The number of H-pyrrole nitrogens is 1. The van der Waals surface area contributed by atoms with Gasteiger partial charge in [-0.1, -0.05) is 19.9 Å². The lowest BCUT2D eigenvalue weighted by Gasteiger charge is -2.23. The first-order valence-corrected chi connectivity index (χ1v) is 10.3. The quantitative estimate of drug-likeness (QED) is 0.470. The Morgan fingerprint density at radius 1 is 1.13 bits per heavy atom. The number of benzene rings is 2. The van der Waals surface area contributed by atoms with Crippen LogP contribution in [-0.2, 0) is 6.54 Å². The molecule has 0 fully saturated rings. The first-order valence-electron chi connectivity index (χ1n) is 10.3. The van der Waals surface area contributed by atoms with Crippen molar-refractivity contribution in [2.45, 2.75) is 39.7 Å². The van der Waals surface area contributed by atoms with Crippen LogP contribution in [-0.4, -0.2) is 41.0 Å². The van der Waals surface area contributed by atoms with Crippen molar-refractivity contribution >= 4 is 16.9 Å². The van der Waals surface area contributed by atoms with Crippen molar-refractivity contribution in [1.29, 1.82) is 0 Å².